The second-order valence-corrected chi connectivity index (χ2v) is 8.49. The molecule has 6 heteroatoms. The first-order valence-corrected chi connectivity index (χ1v) is 9.45. The molecule has 0 bridgehead atoms. The standard InChI is InChI=1S/C17H20N2O3S/c1-10-2-6-13(7-3-10)23(21,22)19-18-14-8-11-4-5-12-9-15(20)17(14)16(11)12/h2-7,11-12,15-17,19-20H,8-9H2,1H3/b18-14+/t11-,12-,15-,16-,17+/m1/s1. The molecule has 0 aromatic heterocycles. The van der Waals surface area contributed by atoms with Crippen LogP contribution >= 0.6 is 0 Å². The van der Waals surface area contributed by atoms with E-state index in [1.54, 1.807) is 24.3 Å². The normalized spacial score (nSPS) is 36.6. The van der Waals surface area contributed by atoms with E-state index in [4.69, 9.17) is 0 Å². The lowest BCUT2D eigenvalue weighted by Gasteiger charge is -2.15. The second kappa shape index (κ2) is 5.18. The molecule has 0 heterocycles. The minimum Gasteiger partial charge on any atom is -0.392 e. The van der Waals surface area contributed by atoms with Crippen LogP contribution in [0.5, 0.6) is 0 Å². The Labute approximate surface area is 136 Å². The van der Waals surface area contributed by atoms with Crippen molar-refractivity contribution in [3.05, 3.63) is 42.0 Å². The van der Waals surface area contributed by atoms with E-state index in [0.717, 1.165) is 24.1 Å². The number of nitrogens with zero attached hydrogens (tertiary/aromatic N) is 1. The molecular weight excluding hydrogens is 312 g/mol. The topological polar surface area (TPSA) is 78.8 Å². The van der Waals surface area contributed by atoms with Crippen molar-refractivity contribution in [1.82, 2.24) is 4.83 Å². The number of rotatable bonds is 3. The molecule has 3 aliphatic rings. The minimum absolute atomic E-state index is 0.0132. The molecule has 122 valence electrons. The summed E-state index contributed by atoms with van der Waals surface area (Å²) in [5, 5.41) is 14.5. The number of hydrazone groups is 1. The first-order valence-electron chi connectivity index (χ1n) is 7.97. The van der Waals surface area contributed by atoms with Gasteiger partial charge >= 0.3 is 0 Å². The predicted octanol–water partition coefficient (Wildman–Crippen LogP) is 1.83. The van der Waals surface area contributed by atoms with Gasteiger partial charge in [-0.05, 0) is 49.7 Å². The zero-order valence-electron chi connectivity index (χ0n) is 12.9. The van der Waals surface area contributed by atoms with Crippen LogP contribution in [0.25, 0.3) is 0 Å². The monoisotopic (exact) mass is 332 g/mol. The van der Waals surface area contributed by atoms with E-state index in [2.05, 4.69) is 22.1 Å². The van der Waals surface area contributed by atoms with Gasteiger partial charge in [0.1, 0.15) is 0 Å². The lowest BCUT2D eigenvalue weighted by Crippen LogP contribution is -2.26. The number of aryl methyl sites for hydroxylation is 1. The summed E-state index contributed by atoms with van der Waals surface area (Å²) >= 11 is 0. The van der Waals surface area contributed by atoms with Gasteiger partial charge in [-0.1, -0.05) is 29.8 Å². The quantitative estimate of drug-likeness (QED) is 0.655. The van der Waals surface area contributed by atoms with Gasteiger partial charge in [0.2, 0.25) is 0 Å². The van der Waals surface area contributed by atoms with Crippen LogP contribution in [0.2, 0.25) is 0 Å². The number of aliphatic hydroxyl groups excluding tert-OH is 1. The SMILES string of the molecule is Cc1ccc(S(=O)(=O)N/N=C2\C[C@H]3C=C[C@@H]4C[C@@H](O)[C@H]2[C@H]34)cc1. The van der Waals surface area contributed by atoms with E-state index < -0.39 is 16.1 Å². The highest BCUT2D eigenvalue weighted by Gasteiger charge is 2.54. The molecule has 23 heavy (non-hydrogen) atoms. The van der Waals surface area contributed by atoms with Crippen molar-refractivity contribution in [3.63, 3.8) is 0 Å². The molecule has 2 N–H and O–H groups in total. The number of aliphatic hydroxyl groups is 1. The number of benzene rings is 1. The number of nitrogens with one attached hydrogen (secondary N) is 1. The zero-order chi connectivity index (χ0) is 16.2. The summed E-state index contributed by atoms with van der Waals surface area (Å²) < 4.78 is 24.7. The summed E-state index contributed by atoms with van der Waals surface area (Å²) in [6.45, 7) is 1.91. The van der Waals surface area contributed by atoms with Crippen LogP contribution in [0.1, 0.15) is 18.4 Å². The molecule has 0 unspecified atom stereocenters. The van der Waals surface area contributed by atoms with Crippen LogP contribution in [0.3, 0.4) is 0 Å². The average molecular weight is 332 g/mol. The fourth-order valence-corrected chi connectivity index (χ4v) is 5.18. The van der Waals surface area contributed by atoms with E-state index in [1.807, 2.05) is 6.92 Å². The van der Waals surface area contributed by atoms with Crippen LogP contribution in [0, 0.1) is 30.6 Å². The zero-order valence-corrected chi connectivity index (χ0v) is 13.7. The van der Waals surface area contributed by atoms with Crippen molar-refractivity contribution in [2.45, 2.75) is 30.8 Å². The molecule has 0 amide bonds. The molecule has 0 spiro atoms. The predicted molar refractivity (Wildman–Crippen MR) is 87.3 cm³/mol. The van der Waals surface area contributed by atoms with E-state index in [-0.39, 0.29) is 10.8 Å². The van der Waals surface area contributed by atoms with Gasteiger partial charge in [0.05, 0.1) is 11.0 Å². The maximum absolute atomic E-state index is 12.3. The number of hydrogen-bond donors (Lipinski definition) is 2. The van der Waals surface area contributed by atoms with Gasteiger partial charge in [0.25, 0.3) is 10.0 Å². The van der Waals surface area contributed by atoms with Crippen LogP contribution < -0.4 is 4.83 Å². The number of sulfonamides is 1. The fourth-order valence-electron chi connectivity index (χ4n) is 4.34. The molecule has 3 aliphatic carbocycles. The van der Waals surface area contributed by atoms with Crippen molar-refractivity contribution in [1.29, 1.82) is 0 Å². The highest BCUT2D eigenvalue weighted by Crippen LogP contribution is 2.53. The van der Waals surface area contributed by atoms with Crippen molar-refractivity contribution < 1.29 is 13.5 Å². The fraction of sp³-hybridized carbons (Fsp3) is 0.471. The minimum atomic E-state index is -3.66. The smallest absolute Gasteiger partial charge is 0.276 e. The van der Waals surface area contributed by atoms with Crippen LogP contribution in [-0.2, 0) is 10.0 Å². The van der Waals surface area contributed by atoms with E-state index >= 15 is 0 Å². The molecule has 0 aliphatic heterocycles. The summed E-state index contributed by atoms with van der Waals surface area (Å²) in [7, 11) is -3.66. The molecule has 2 saturated carbocycles. The molecule has 0 saturated heterocycles. The lowest BCUT2D eigenvalue weighted by atomic mass is 9.91. The maximum atomic E-state index is 12.3. The van der Waals surface area contributed by atoms with Gasteiger partial charge in [0.15, 0.2) is 0 Å². The van der Waals surface area contributed by atoms with Crippen molar-refractivity contribution in [3.8, 4) is 0 Å². The Morgan fingerprint density at radius 1 is 1.17 bits per heavy atom. The molecule has 1 aromatic carbocycles. The summed E-state index contributed by atoms with van der Waals surface area (Å²) in [6, 6.07) is 6.67. The third-order valence-corrected chi connectivity index (χ3v) is 6.63. The first-order chi connectivity index (χ1) is 11.0. The Kier molecular flexibility index (Phi) is 3.35. The summed E-state index contributed by atoms with van der Waals surface area (Å²) in [6.07, 6.45) is 5.47. The van der Waals surface area contributed by atoms with Gasteiger partial charge in [-0.3, -0.25) is 0 Å². The maximum Gasteiger partial charge on any atom is 0.276 e. The lowest BCUT2D eigenvalue weighted by molar-refractivity contribution is 0.151. The Bertz CT molecular complexity index is 783. The molecule has 4 rings (SSSR count). The van der Waals surface area contributed by atoms with Gasteiger partial charge in [-0.2, -0.15) is 13.5 Å². The third kappa shape index (κ3) is 2.40. The molecule has 1 aromatic rings. The van der Waals surface area contributed by atoms with Crippen molar-refractivity contribution in [2.24, 2.45) is 28.8 Å². The van der Waals surface area contributed by atoms with Gasteiger partial charge in [-0.15, -0.1) is 0 Å². The second-order valence-electron chi connectivity index (χ2n) is 6.83. The van der Waals surface area contributed by atoms with Crippen LogP contribution in [0.15, 0.2) is 46.4 Å². The van der Waals surface area contributed by atoms with Gasteiger partial charge in [-0.25, -0.2) is 4.83 Å². The van der Waals surface area contributed by atoms with Crippen molar-refractivity contribution in [2.75, 3.05) is 0 Å². The molecule has 2 fully saturated rings. The Hall–Kier alpha value is -1.66. The summed E-state index contributed by atoms with van der Waals surface area (Å²) in [4.78, 5) is 2.56. The number of hydrogen-bond acceptors (Lipinski definition) is 4. The largest absolute Gasteiger partial charge is 0.392 e. The molecular formula is C17H20N2O3S. The Balaban J connectivity index is 1.57. The molecule has 0 radical (unpaired) electrons. The molecule has 5 nitrogen and oxygen atoms in total. The molecule has 5 atom stereocenters. The van der Waals surface area contributed by atoms with Crippen molar-refractivity contribution >= 4 is 15.7 Å². The Morgan fingerprint density at radius 3 is 2.61 bits per heavy atom. The average Bonchev–Trinajstić information content (AvgIpc) is 3.14. The van der Waals surface area contributed by atoms with Crippen LogP contribution in [0.4, 0.5) is 0 Å². The van der Waals surface area contributed by atoms with Gasteiger partial charge < -0.3 is 5.11 Å². The van der Waals surface area contributed by atoms with Crippen LogP contribution in [-0.4, -0.2) is 25.3 Å². The summed E-state index contributed by atoms with van der Waals surface area (Å²) in [5.41, 5.74) is 1.79. The summed E-state index contributed by atoms with van der Waals surface area (Å²) in [5.74, 6) is 1.19. The highest BCUT2D eigenvalue weighted by atomic mass is 32.2. The van der Waals surface area contributed by atoms with E-state index in [1.165, 1.54) is 0 Å². The highest BCUT2D eigenvalue weighted by molar-refractivity contribution is 7.89. The number of allylic oxidation sites excluding steroid dienone is 2. The van der Waals surface area contributed by atoms with E-state index in [0.29, 0.717) is 17.8 Å². The Morgan fingerprint density at radius 2 is 1.87 bits per heavy atom. The van der Waals surface area contributed by atoms with E-state index in [9.17, 15) is 13.5 Å². The van der Waals surface area contributed by atoms with Gasteiger partial charge in [0, 0.05) is 11.6 Å². The first kappa shape index (κ1) is 14.9. The third-order valence-electron chi connectivity index (χ3n) is 5.41.